The fourth-order valence-electron chi connectivity index (χ4n) is 1.56. The Morgan fingerprint density at radius 2 is 2.43 bits per heavy atom. The van der Waals surface area contributed by atoms with E-state index in [1.54, 1.807) is 12.1 Å². The molecule has 0 atom stereocenters. The highest BCUT2D eigenvalue weighted by atomic mass is 15.0. The third-order valence-corrected chi connectivity index (χ3v) is 2.16. The molecule has 3 heteroatoms. The summed E-state index contributed by atoms with van der Waals surface area (Å²) < 4.78 is 1.92. The first-order chi connectivity index (χ1) is 6.74. The Labute approximate surface area is 84.4 Å². The van der Waals surface area contributed by atoms with E-state index in [2.05, 4.69) is 19.6 Å². The van der Waals surface area contributed by atoms with Gasteiger partial charge in [0.2, 0.25) is 0 Å². The van der Waals surface area contributed by atoms with E-state index in [0.29, 0.717) is 17.9 Å². The minimum Gasteiger partial charge on any atom is -0.397 e. The number of nitrogens with two attached hydrogens (primary N) is 1. The topological polar surface area (TPSA) is 54.7 Å². The van der Waals surface area contributed by atoms with Gasteiger partial charge in [0.1, 0.15) is 11.8 Å². The smallest absolute Gasteiger partial charge is 0.122 e. The summed E-state index contributed by atoms with van der Waals surface area (Å²) in [5.74, 6) is 0. The molecule has 0 saturated carbocycles. The molecule has 0 aliphatic rings. The van der Waals surface area contributed by atoms with Gasteiger partial charge in [-0.3, -0.25) is 0 Å². The van der Waals surface area contributed by atoms with Crippen molar-refractivity contribution in [2.45, 2.75) is 26.3 Å². The lowest BCUT2D eigenvalue weighted by Gasteiger charge is -2.07. The van der Waals surface area contributed by atoms with Gasteiger partial charge in [-0.15, -0.1) is 6.58 Å². The van der Waals surface area contributed by atoms with E-state index in [1.165, 1.54) is 0 Å². The molecule has 0 amide bonds. The highest BCUT2D eigenvalue weighted by Gasteiger charge is 2.10. The molecule has 1 aromatic heterocycles. The van der Waals surface area contributed by atoms with Crippen molar-refractivity contribution in [3.05, 3.63) is 30.1 Å². The van der Waals surface area contributed by atoms with E-state index < -0.39 is 0 Å². The summed E-state index contributed by atoms with van der Waals surface area (Å²) in [6.45, 7) is 6.41. The van der Waals surface area contributed by atoms with Gasteiger partial charge in [0.25, 0.3) is 0 Å². The zero-order valence-electron chi connectivity index (χ0n) is 8.45. The summed E-state index contributed by atoms with van der Waals surface area (Å²) in [5, 5.41) is 8.89. The maximum absolute atomic E-state index is 8.89. The van der Waals surface area contributed by atoms with Gasteiger partial charge in [-0.2, -0.15) is 5.26 Å². The molecule has 2 N–H and O–H groups in total. The lowest BCUT2D eigenvalue weighted by molar-refractivity contribution is 0.733. The Kier molecular flexibility index (Phi) is 3.35. The van der Waals surface area contributed by atoms with Crippen LogP contribution < -0.4 is 5.73 Å². The Balaban J connectivity index is 3.17. The Bertz CT molecular complexity index is 369. The summed E-state index contributed by atoms with van der Waals surface area (Å²) in [5.41, 5.74) is 8.20. The van der Waals surface area contributed by atoms with E-state index in [4.69, 9.17) is 11.0 Å². The second-order valence-electron chi connectivity index (χ2n) is 3.19. The van der Waals surface area contributed by atoms with Crippen LogP contribution in [0.5, 0.6) is 0 Å². The van der Waals surface area contributed by atoms with Crippen molar-refractivity contribution in [1.29, 1.82) is 5.26 Å². The van der Waals surface area contributed by atoms with Crippen LogP contribution in [0.2, 0.25) is 0 Å². The van der Waals surface area contributed by atoms with Crippen LogP contribution in [0.4, 0.5) is 5.69 Å². The normalized spacial score (nSPS) is 9.71. The average molecular weight is 189 g/mol. The van der Waals surface area contributed by atoms with Crippen molar-refractivity contribution in [3.63, 3.8) is 0 Å². The number of aromatic nitrogens is 1. The molecule has 0 spiro atoms. The molecule has 0 radical (unpaired) electrons. The van der Waals surface area contributed by atoms with Gasteiger partial charge < -0.3 is 10.3 Å². The number of hydrogen-bond acceptors (Lipinski definition) is 2. The van der Waals surface area contributed by atoms with Crippen molar-refractivity contribution < 1.29 is 0 Å². The van der Waals surface area contributed by atoms with Gasteiger partial charge in [-0.05, 0) is 12.5 Å². The maximum Gasteiger partial charge on any atom is 0.122 e. The van der Waals surface area contributed by atoms with Crippen LogP contribution in [0.25, 0.3) is 0 Å². The quantitative estimate of drug-likeness (QED) is 0.737. The number of nitrogen functional groups attached to an aromatic ring is 1. The number of hydrogen-bond donors (Lipinski definition) is 1. The molecule has 0 saturated heterocycles. The fraction of sp³-hybridized carbons (Fsp3) is 0.364. The second-order valence-corrected chi connectivity index (χ2v) is 3.19. The van der Waals surface area contributed by atoms with E-state index in [-0.39, 0.29) is 0 Å². The molecule has 74 valence electrons. The van der Waals surface area contributed by atoms with Crippen molar-refractivity contribution >= 4 is 5.69 Å². The minimum atomic E-state index is 0.617. The predicted molar refractivity (Wildman–Crippen MR) is 57.8 cm³/mol. The van der Waals surface area contributed by atoms with E-state index in [1.807, 2.05) is 4.57 Å². The molecule has 1 rings (SSSR count). The molecule has 0 aromatic carbocycles. The van der Waals surface area contributed by atoms with Gasteiger partial charge in [-0.1, -0.05) is 19.4 Å². The van der Waals surface area contributed by atoms with Gasteiger partial charge in [0, 0.05) is 12.2 Å². The third-order valence-electron chi connectivity index (χ3n) is 2.16. The number of nitrogens with zero attached hydrogens (tertiary/aromatic N) is 2. The highest BCUT2D eigenvalue weighted by Crippen LogP contribution is 2.19. The molecule has 0 aliphatic carbocycles. The number of nitriles is 1. The molecular weight excluding hydrogens is 174 g/mol. The summed E-state index contributed by atoms with van der Waals surface area (Å²) in [6.07, 6.45) is 3.71. The third kappa shape index (κ3) is 1.80. The van der Waals surface area contributed by atoms with E-state index in [9.17, 15) is 0 Å². The molecule has 0 bridgehead atoms. The Morgan fingerprint density at radius 3 is 2.93 bits per heavy atom. The SMILES string of the molecule is C=CCn1c(C#N)cc(N)c1CCC. The molecule has 1 heterocycles. The van der Waals surface area contributed by atoms with Gasteiger partial charge in [0.15, 0.2) is 0 Å². The van der Waals surface area contributed by atoms with Crippen LogP contribution in [0, 0.1) is 11.3 Å². The largest absolute Gasteiger partial charge is 0.397 e. The fourth-order valence-corrected chi connectivity index (χ4v) is 1.56. The van der Waals surface area contributed by atoms with E-state index >= 15 is 0 Å². The Hall–Kier alpha value is -1.69. The van der Waals surface area contributed by atoms with Gasteiger partial charge in [0.05, 0.1) is 5.69 Å². The van der Waals surface area contributed by atoms with Crippen molar-refractivity contribution in [2.75, 3.05) is 5.73 Å². The average Bonchev–Trinajstić information content (AvgIpc) is 2.47. The van der Waals surface area contributed by atoms with Gasteiger partial charge >= 0.3 is 0 Å². The monoisotopic (exact) mass is 189 g/mol. The van der Waals surface area contributed by atoms with Crippen molar-refractivity contribution in [3.8, 4) is 6.07 Å². The summed E-state index contributed by atoms with van der Waals surface area (Å²) in [6, 6.07) is 3.87. The lowest BCUT2D eigenvalue weighted by atomic mass is 10.2. The van der Waals surface area contributed by atoms with Crippen molar-refractivity contribution in [1.82, 2.24) is 4.57 Å². The van der Waals surface area contributed by atoms with Crippen LogP contribution in [0.3, 0.4) is 0 Å². The molecular formula is C11H15N3. The number of anilines is 1. The van der Waals surface area contributed by atoms with Gasteiger partial charge in [-0.25, -0.2) is 0 Å². The van der Waals surface area contributed by atoms with Crippen LogP contribution in [-0.2, 0) is 13.0 Å². The number of allylic oxidation sites excluding steroid dienone is 1. The lowest BCUT2D eigenvalue weighted by Crippen LogP contribution is -2.04. The molecule has 1 aromatic rings. The standard InChI is InChI=1S/C11H15N3/c1-3-5-11-10(13)7-9(8-12)14(11)6-4-2/h4,7H,2-3,5-6,13H2,1H3. The number of rotatable bonds is 4. The van der Waals surface area contributed by atoms with Crippen LogP contribution >= 0.6 is 0 Å². The highest BCUT2D eigenvalue weighted by molar-refractivity contribution is 5.50. The molecule has 14 heavy (non-hydrogen) atoms. The zero-order valence-corrected chi connectivity index (χ0v) is 8.45. The minimum absolute atomic E-state index is 0.617. The maximum atomic E-state index is 8.89. The second kappa shape index (κ2) is 4.52. The Morgan fingerprint density at radius 1 is 1.71 bits per heavy atom. The summed E-state index contributed by atoms with van der Waals surface area (Å²) in [7, 11) is 0. The van der Waals surface area contributed by atoms with Crippen LogP contribution in [0.15, 0.2) is 18.7 Å². The first-order valence-electron chi connectivity index (χ1n) is 4.73. The van der Waals surface area contributed by atoms with Crippen LogP contribution in [0.1, 0.15) is 24.7 Å². The molecule has 0 fully saturated rings. The molecule has 0 aliphatic heterocycles. The molecule has 3 nitrogen and oxygen atoms in total. The summed E-state index contributed by atoms with van der Waals surface area (Å²) >= 11 is 0. The zero-order chi connectivity index (χ0) is 10.6. The first-order valence-corrected chi connectivity index (χ1v) is 4.73. The first kappa shape index (κ1) is 10.4. The predicted octanol–water partition coefficient (Wildman–Crippen LogP) is 2.08. The summed E-state index contributed by atoms with van der Waals surface area (Å²) in [4.78, 5) is 0. The van der Waals surface area contributed by atoms with E-state index in [0.717, 1.165) is 18.5 Å². The molecule has 0 unspecified atom stereocenters. The van der Waals surface area contributed by atoms with Crippen molar-refractivity contribution in [2.24, 2.45) is 0 Å². The van der Waals surface area contributed by atoms with Crippen LogP contribution in [-0.4, -0.2) is 4.57 Å².